The van der Waals surface area contributed by atoms with Gasteiger partial charge in [-0.3, -0.25) is 9.59 Å². The van der Waals surface area contributed by atoms with Crippen LogP contribution < -0.4 is 15.5 Å². The molecule has 2 aromatic rings. The van der Waals surface area contributed by atoms with Gasteiger partial charge in [0, 0.05) is 37.4 Å². The van der Waals surface area contributed by atoms with Gasteiger partial charge < -0.3 is 25.5 Å². The summed E-state index contributed by atoms with van der Waals surface area (Å²) in [5.74, 6) is -3.31. The number of nitrogens with one attached hydrogen (secondary N) is 2. The first kappa shape index (κ1) is 27.9. The van der Waals surface area contributed by atoms with Crippen LogP contribution in [0.5, 0.6) is 0 Å². The first-order chi connectivity index (χ1) is 17.5. The van der Waals surface area contributed by atoms with Crippen LogP contribution in [0.4, 0.5) is 23.2 Å². The summed E-state index contributed by atoms with van der Waals surface area (Å²) in [6.45, 7) is 4.40. The Morgan fingerprint density at radius 2 is 1.51 bits per heavy atom. The lowest BCUT2D eigenvalue weighted by Crippen LogP contribution is -2.51. The van der Waals surface area contributed by atoms with Gasteiger partial charge in [-0.1, -0.05) is 6.07 Å². The van der Waals surface area contributed by atoms with Crippen molar-refractivity contribution in [2.24, 2.45) is 0 Å². The first-order valence-electron chi connectivity index (χ1n) is 11.7. The number of aliphatic carboxylic acids is 1. The molecular weight excluding hydrogens is 496 g/mol. The van der Waals surface area contributed by atoms with E-state index in [4.69, 9.17) is 9.90 Å². The highest BCUT2D eigenvalue weighted by atomic mass is 19.4. The van der Waals surface area contributed by atoms with Crippen molar-refractivity contribution in [1.29, 1.82) is 0 Å². The van der Waals surface area contributed by atoms with Crippen LogP contribution in [0.3, 0.4) is 0 Å². The number of anilines is 1. The molecule has 200 valence electrons. The highest BCUT2D eigenvalue weighted by molar-refractivity contribution is 5.96. The van der Waals surface area contributed by atoms with Crippen LogP contribution in [-0.2, 0) is 22.4 Å². The van der Waals surface area contributed by atoms with Crippen molar-refractivity contribution < 1.29 is 37.1 Å². The summed E-state index contributed by atoms with van der Waals surface area (Å²) >= 11 is 0. The van der Waals surface area contributed by atoms with Crippen molar-refractivity contribution in [3.05, 3.63) is 65.0 Å². The second-order valence-electron chi connectivity index (χ2n) is 8.56. The number of carbonyl (C=O) groups is 3. The number of hydrogen-bond acceptors (Lipinski definition) is 5. The molecule has 1 saturated heterocycles. The van der Waals surface area contributed by atoms with Crippen LogP contribution in [0.25, 0.3) is 0 Å². The molecule has 0 radical (unpaired) electrons. The summed E-state index contributed by atoms with van der Waals surface area (Å²) in [6, 6.07) is 12.2. The predicted molar refractivity (Wildman–Crippen MR) is 128 cm³/mol. The average Bonchev–Trinajstić information content (AvgIpc) is 3.12. The molecule has 2 heterocycles. The molecule has 2 aliphatic rings. The monoisotopic (exact) mass is 524 g/mol. The van der Waals surface area contributed by atoms with Crippen molar-refractivity contribution in [3.63, 3.8) is 0 Å². The van der Waals surface area contributed by atoms with Crippen LogP contribution in [0.15, 0.2) is 42.5 Å². The highest BCUT2D eigenvalue weighted by Crippen LogP contribution is 2.18. The number of halogens is 4. The summed E-state index contributed by atoms with van der Waals surface area (Å²) in [7, 11) is 0. The minimum atomic E-state index is -5.08. The molecule has 0 bridgehead atoms. The molecule has 12 heteroatoms. The van der Waals surface area contributed by atoms with Crippen LogP contribution in [-0.4, -0.2) is 79.8 Å². The van der Waals surface area contributed by atoms with E-state index in [1.165, 1.54) is 23.3 Å². The van der Waals surface area contributed by atoms with Gasteiger partial charge in [0.1, 0.15) is 5.82 Å². The molecule has 8 nitrogen and oxygen atoms in total. The highest BCUT2D eigenvalue weighted by Gasteiger charge is 2.38. The first-order valence-corrected chi connectivity index (χ1v) is 11.7. The number of carboxylic acids is 1. The molecule has 2 aromatic carbocycles. The Kier molecular flexibility index (Phi) is 9.45. The second kappa shape index (κ2) is 12.5. The van der Waals surface area contributed by atoms with E-state index in [-0.39, 0.29) is 24.2 Å². The fraction of sp³-hybridized carbons (Fsp3) is 0.400. The topological polar surface area (TPSA) is 102 Å². The van der Waals surface area contributed by atoms with Gasteiger partial charge in [-0.25, -0.2) is 9.18 Å². The molecule has 1 fully saturated rings. The number of benzene rings is 2. The van der Waals surface area contributed by atoms with Gasteiger partial charge in [0.25, 0.3) is 5.91 Å². The third kappa shape index (κ3) is 8.17. The van der Waals surface area contributed by atoms with Gasteiger partial charge in [-0.2, -0.15) is 13.2 Å². The zero-order chi connectivity index (χ0) is 27.0. The minimum Gasteiger partial charge on any atom is -0.475 e. The molecular formula is C25H28F4N4O4. The second-order valence-corrected chi connectivity index (χ2v) is 8.56. The van der Waals surface area contributed by atoms with Crippen LogP contribution in [0.2, 0.25) is 0 Å². The Bertz CT molecular complexity index is 1100. The smallest absolute Gasteiger partial charge is 0.475 e. The lowest BCUT2D eigenvalue weighted by atomic mass is 10.00. The van der Waals surface area contributed by atoms with E-state index in [0.29, 0.717) is 31.7 Å². The third-order valence-electron chi connectivity index (χ3n) is 6.08. The van der Waals surface area contributed by atoms with Crippen molar-refractivity contribution in [2.45, 2.75) is 19.0 Å². The summed E-state index contributed by atoms with van der Waals surface area (Å²) in [4.78, 5) is 37.9. The summed E-state index contributed by atoms with van der Waals surface area (Å²) in [5.41, 5.74) is 4.04. The van der Waals surface area contributed by atoms with Gasteiger partial charge >= 0.3 is 12.1 Å². The minimum absolute atomic E-state index is 0.00593. The lowest BCUT2D eigenvalue weighted by Gasteiger charge is -2.36. The Hall–Kier alpha value is -3.67. The number of amides is 2. The summed E-state index contributed by atoms with van der Waals surface area (Å²) in [5, 5.41) is 13.3. The average molecular weight is 525 g/mol. The molecule has 2 aliphatic heterocycles. The predicted octanol–water partition coefficient (Wildman–Crippen LogP) is 2.23. The molecule has 2 amide bonds. The van der Waals surface area contributed by atoms with E-state index in [0.717, 1.165) is 31.6 Å². The van der Waals surface area contributed by atoms with E-state index in [1.54, 1.807) is 17.0 Å². The number of carbonyl (C=O) groups excluding carboxylic acids is 2. The maximum Gasteiger partial charge on any atom is 0.490 e. The normalized spacial score (nSPS) is 15.6. The van der Waals surface area contributed by atoms with Crippen molar-refractivity contribution >= 4 is 23.5 Å². The largest absolute Gasteiger partial charge is 0.490 e. The van der Waals surface area contributed by atoms with E-state index in [2.05, 4.69) is 15.5 Å². The number of hydrogen-bond donors (Lipinski definition) is 3. The standard InChI is InChI=1S/C23H27FN4O2.C2HF3O2/c24-20-3-5-21(6-4-20)27-11-13-28(14-12-27)22(29)16-26-23(30)19-2-1-17-7-9-25-10-8-18(17)15-19;3-2(4,5)1(6)7/h1-6,15,25H,7-14,16H2,(H,26,30);(H,6,7). The quantitative estimate of drug-likeness (QED) is 0.531. The molecule has 3 N–H and O–H groups in total. The number of nitrogens with zero attached hydrogens (tertiary/aromatic N) is 2. The number of rotatable bonds is 4. The van der Waals surface area contributed by atoms with Crippen LogP contribution in [0.1, 0.15) is 21.5 Å². The summed E-state index contributed by atoms with van der Waals surface area (Å²) in [6.07, 6.45) is -3.20. The molecule has 0 spiro atoms. The van der Waals surface area contributed by atoms with E-state index < -0.39 is 12.1 Å². The number of carboxylic acid groups (broad SMARTS) is 1. The van der Waals surface area contributed by atoms with Gasteiger partial charge in [-0.05, 0) is 73.5 Å². The Labute approximate surface area is 211 Å². The molecule has 0 unspecified atom stereocenters. The molecule has 37 heavy (non-hydrogen) atoms. The molecule has 0 aromatic heterocycles. The molecule has 4 rings (SSSR count). The molecule has 0 atom stereocenters. The Balaban J connectivity index is 0.000000479. The maximum atomic E-state index is 13.1. The van der Waals surface area contributed by atoms with Gasteiger partial charge in [-0.15, -0.1) is 0 Å². The van der Waals surface area contributed by atoms with E-state index >= 15 is 0 Å². The van der Waals surface area contributed by atoms with Crippen LogP contribution in [0, 0.1) is 5.82 Å². The summed E-state index contributed by atoms with van der Waals surface area (Å²) < 4.78 is 44.8. The number of alkyl halides is 3. The van der Waals surface area contributed by atoms with E-state index in [9.17, 15) is 27.2 Å². The fourth-order valence-electron chi connectivity index (χ4n) is 4.05. The Morgan fingerprint density at radius 3 is 2.11 bits per heavy atom. The van der Waals surface area contributed by atoms with Crippen molar-refractivity contribution in [1.82, 2.24) is 15.5 Å². The zero-order valence-corrected chi connectivity index (χ0v) is 20.0. The fourth-order valence-corrected chi connectivity index (χ4v) is 4.05. The lowest BCUT2D eigenvalue weighted by molar-refractivity contribution is -0.192. The van der Waals surface area contributed by atoms with Crippen LogP contribution >= 0.6 is 0 Å². The SMILES string of the molecule is O=C(NCC(=O)N1CCN(c2ccc(F)cc2)CC1)c1ccc2c(c1)CCNCC2.O=C(O)C(F)(F)F. The number of fused-ring (bicyclic) bond motifs is 1. The zero-order valence-electron chi connectivity index (χ0n) is 20.0. The van der Waals surface area contributed by atoms with Gasteiger partial charge in [0.05, 0.1) is 6.54 Å². The Morgan fingerprint density at radius 1 is 0.919 bits per heavy atom. The van der Waals surface area contributed by atoms with Crippen molar-refractivity contribution in [3.8, 4) is 0 Å². The number of piperazine rings is 1. The molecule has 0 saturated carbocycles. The van der Waals surface area contributed by atoms with Crippen molar-refractivity contribution in [2.75, 3.05) is 50.7 Å². The van der Waals surface area contributed by atoms with Gasteiger partial charge in [0.15, 0.2) is 0 Å². The van der Waals surface area contributed by atoms with Gasteiger partial charge in [0.2, 0.25) is 5.91 Å². The molecule has 0 aliphatic carbocycles. The van der Waals surface area contributed by atoms with E-state index in [1.807, 2.05) is 18.2 Å². The third-order valence-corrected chi connectivity index (χ3v) is 6.08. The maximum absolute atomic E-state index is 13.1.